The summed E-state index contributed by atoms with van der Waals surface area (Å²) in [6.07, 6.45) is 4.17. The van der Waals surface area contributed by atoms with Crippen molar-refractivity contribution in [3.8, 4) is 46.8 Å². The lowest BCUT2D eigenvalue weighted by atomic mass is 10.1. The van der Waals surface area contributed by atoms with E-state index >= 15 is 0 Å². The largest absolute Gasteiger partial charge is 0.490 e. The number of rotatable bonds is 28. The van der Waals surface area contributed by atoms with Gasteiger partial charge in [0.25, 0.3) is 0 Å². The first kappa shape index (κ1) is 53.2. The van der Waals surface area contributed by atoms with Gasteiger partial charge in [-0.25, -0.2) is 14.3 Å². The van der Waals surface area contributed by atoms with Crippen molar-refractivity contribution in [1.29, 1.82) is 0 Å². The fourth-order valence-corrected chi connectivity index (χ4v) is 8.54. The van der Waals surface area contributed by atoms with Gasteiger partial charge < -0.3 is 48.0 Å². The van der Waals surface area contributed by atoms with Crippen molar-refractivity contribution in [1.82, 2.24) is 34.3 Å². The molecular weight excluding hydrogens is 900 g/mol. The molecular formula is C43H57N7O14P2. The molecule has 3 aromatic heterocycles. The number of carboxylic acids is 2. The van der Waals surface area contributed by atoms with Crippen LogP contribution < -0.4 is 9.47 Å². The topological polar surface area (TPSA) is 260 Å². The Labute approximate surface area is 383 Å². The maximum atomic E-state index is 12.6. The highest BCUT2D eigenvalue weighted by atomic mass is 31.2. The smallest absolute Gasteiger partial charge is 0.342 e. The zero-order chi connectivity index (χ0) is 48.1. The number of carbonyl (C=O) groups is 2. The second kappa shape index (κ2) is 26.7. The lowest BCUT2D eigenvalue weighted by Gasteiger charge is -2.21. The van der Waals surface area contributed by atoms with Crippen LogP contribution in [0.25, 0.3) is 11.6 Å². The monoisotopic (exact) mass is 957 g/mol. The number of ether oxygens (including phenoxy) is 4. The van der Waals surface area contributed by atoms with Crippen LogP contribution in [0.1, 0.15) is 67.6 Å². The van der Waals surface area contributed by atoms with Gasteiger partial charge in [0.1, 0.15) is 37.3 Å². The Hall–Kier alpha value is -5.41. The quantitative estimate of drug-likeness (QED) is 0.0345. The summed E-state index contributed by atoms with van der Waals surface area (Å²) in [7, 11) is -3.19. The Kier molecular flexibility index (Phi) is 21.5. The van der Waals surface area contributed by atoms with Crippen molar-refractivity contribution in [3.05, 3.63) is 76.9 Å². The Balaban J connectivity index is 1.79. The molecule has 3 heterocycles. The number of methoxy groups -OCH3 is 2. The molecule has 0 aliphatic rings. The molecule has 23 heteroatoms. The van der Waals surface area contributed by atoms with Gasteiger partial charge in [0.2, 0.25) is 0 Å². The van der Waals surface area contributed by atoms with Gasteiger partial charge in [-0.05, 0) is 58.0 Å². The van der Waals surface area contributed by atoms with E-state index in [9.17, 15) is 33.6 Å². The molecule has 2 unspecified atom stereocenters. The summed E-state index contributed by atoms with van der Waals surface area (Å²) in [5, 5.41) is 27.8. The van der Waals surface area contributed by atoms with Gasteiger partial charge in [-0.1, -0.05) is 23.7 Å². The van der Waals surface area contributed by atoms with Crippen molar-refractivity contribution in [2.75, 3.05) is 80.0 Å². The molecule has 0 aliphatic carbocycles. The Morgan fingerprint density at radius 1 is 0.727 bits per heavy atom. The zero-order valence-electron chi connectivity index (χ0n) is 37.6. The number of hydrogen-bond acceptors (Lipinski definition) is 15. The number of hydrogen-bond donors (Lipinski definition) is 4. The van der Waals surface area contributed by atoms with Crippen molar-refractivity contribution in [2.45, 2.75) is 52.6 Å². The summed E-state index contributed by atoms with van der Waals surface area (Å²) >= 11 is 0. The molecule has 0 bridgehead atoms. The summed E-state index contributed by atoms with van der Waals surface area (Å²) in [5.74, 6) is 12.0. The number of unbranched alkanes of at least 4 members (excludes halogenated alkanes) is 2. The minimum atomic E-state index is -4.13. The van der Waals surface area contributed by atoms with Crippen LogP contribution in [0.4, 0.5) is 0 Å². The summed E-state index contributed by atoms with van der Waals surface area (Å²) in [6, 6.07) is 10.2. The molecule has 0 spiro atoms. The molecule has 0 saturated heterocycles. The first-order valence-corrected chi connectivity index (χ1v) is 24.4. The maximum Gasteiger partial charge on any atom is 0.342 e. The average Bonchev–Trinajstić information content (AvgIpc) is 3.91. The van der Waals surface area contributed by atoms with Crippen molar-refractivity contribution < 1.29 is 66.7 Å². The van der Waals surface area contributed by atoms with E-state index in [4.69, 9.17) is 38.1 Å². The molecule has 66 heavy (non-hydrogen) atoms. The van der Waals surface area contributed by atoms with Crippen LogP contribution in [0.2, 0.25) is 0 Å². The first-order valence-electron chi connectivity index (χ1n) is 20.8. The fourth-order valence-electron chi connectivity index (χ4n) is 6.15. The third kappa shape index (κ3) is 18.5. The number of aromatic nitrogens is 5. The molecule has 0 radical (unpaired) electrons. The van der Waals surface area contributed by atoms with Gasteiger partial charge in [0.05, 0.1) is 55.5 Å². The van der Waals surface area contributed by atoms with Gasteiger partial charge in [0.15, 0.2) is 11.6 Å². The van der Waals surface area contributed by atoms with Gasteiger partial charge in [-0.15, -0.1) is 0 Å². The summed E-state index contributed by atoms with van der Waals surface area (Å²) in [5.41, 5.74) is 2.37. The van der Waals surface area contributed by atoms with E-state index in [0.29, 0.717) is 77.9 Å². The Morgan fingerprint density at radius 3 is 1.80 bits per heavy atom. The molecule has 1 aromatic carbocycles. The van der Waals surface area contributed by atoms with Crippen LogP contribution in [0.15, 0.2) is 48.8 Å². The highest BCUT2D eigenvalue weighted by Crippen LogP contribution is 2.43. The van der Waals surface area contributed by atoms with Gasteiger partial charge >= 0.3 is 27.1 Å². The fraction of sp³-hybridized carbons (Fsp3) is 0.465. The van der Waals surface area contributed by atoms with Crippen LogP contribution in [0.3, 0.4) is 0 Å². The third-order valence-electron chi connectivity index (χ3n) is 8.87. The van der Waals surface area contributed by atoms with E-state index in [1.807, 2.05) is 0 Å². The molecule has 0 fully saturated rings. The second-order valence-corrected chi connectivity index (χ2v) is 18.2. The Morgan fingerprint density at radius 2 is 1.27 bits per heavy atom. The molecule has 0 amide bonds. The van der Waals surface area contributed by atoms with E-state index in [1.54, 1.807) is 88.8 Å². The molecule has 4 N–H and O–H groups in total. The Bertz CT molecular complexity index is 2460. The average molecular weight is 958 g/mol. The highest BCUT2D eigenvalue weighted by molar-refractivity contribution is 7.53. The van der Waals surface area contributed by atoms with Crippen molar-refractivity contribution in [3.63, 3.8) is 0 Å². The van der Waals surface area contributed by atoms with Gasteiger partial charge in [-0.3, -0.25) is 28.5 Å². The number of nitrogens with zero attached hydrogens (tertiary/aromatic N) is 7. The molecule has 4 aromatic rings. The number of aliphatic carboxylic acids is 2. The molecule has 21 nitrogen and oxygen atoms in total. The summed E-state index contributed by atoms with van der Waals surface area (Å²) in [4.78, 5) is 50.7. The van der Waals surface area contributed by atoms with E-state index in [0.717, 1.165) is 0 Å². The predicted octanol–water partition coefficient (Wildman–Crippen LogP) is 4.58. The first-order chi connectivity index (χ1) is 31.5. The third-order valence-corrected chi connectivity index (χ3v) is 11.8. The van der Waals surface area contributed by atoms with Gasteiger partial charge in [0, 0.05) is 70.2 Å². The molecule has 358 valence electrons. The normalized spacial score (nSPS) is 13.0. The van der Waals surface area contributed by atoms with Crippen LogP contribution in [-0.4, -0.2) is 146 Å². The van der Waals surface area contributed by atoms with Gasteiger partial charge in [-0.2, -0.15) is 10.2 Å². The second-order valence-electron chi connectivity index (χ2n) is 14.5. The van der Waals surface area contributed by atoms with Crippen LogP contribution >= 0.6 is 15.2 Å². The minimum absolute atomic E-state index is 0.0338. The van der Waals surface area contributed by atoms with E-state index in [-0.39, 0.29) is 58.0 Å². The van der Waals surface area contributed by atoms with Crippen molar-refractivity contribution in [2.24, 2.45) is 0 Å². The highest BCUT2D eigenvalue weighted by Gasteiger charge is 2.26. The predicted molar refractivity (Wildman–Crippen MR) is 241 cm³/mol. The van der Waals surface area contributed by atoms with E-state index < -0.39 is 40.0 Å². The number of carboxylic acid groups (broad SMARTS) is 2. The zero-order valence-corrected chi connectivity index (χ0v) is 39.4. The van der Waals surface area contributed by atoms with E-state index in [2.05, 4.69) is 33.9 Å². The lowest BCUT2D eigenvalue weighted by Crippen LogP contribution is -2.31. The van der Waals surface area contributed by atoms with Crippen LogP contribution in [0, 0.1) is 23.7 Å². The molecule has 2 atom stereocenters. The standard InChI is InChI=1S/C43H57N7O14P2/c1-6-63-65(55,56)31-47(3)28-36-16-18-49(45-36)40-24-33(25-41(44-40)50-19-17-37(46-50)29-48(30-43(53)54)32-66(57,58)64-7-2)14-15-35-27-38(61-22-20-59-4)34(26-39(35)62-23-21-60-5)12-10-8-9-11-13-42(51)52/h16-19,24-27H,6-9,11,13,20-23,28-32H2,1-5H3,(H,51,52)(H,53,54)(H,55,56)(H,57,58). The lowest BCUT2D eigenvalue weighted by molar-refractivity contribution is -0.138. The summed E-state index contributed by atoms with van der Waals surface area (Å²) < 4.78 is 60.6. The minimum Gasteiger partial charge on any atom is -0.490 e. The SMILES string of the molecule is CCOP(=O)(O)CN(C)Cc1ccn(-c2cc(C#Cc3cc(OCCOC)c(C#CCCCCC(=O)O)cc3OCCOC)cc(-n3ccc(CN(CC(=O)O)CP(=O)(O)OCC)n3)n2)n1. The van der Waals surface area contributed by atoms with Crippen molar-refractivity contribution >= 4 is 27.1 Å². The summed E-state index contributed by atoms with van der Waals surface area (Å²) in [6.45, 7) is 3.83. The number of pyridine rings is 1. The van der Waals surface area contributed by atoms with Crippen LogP contribution in [0.5, 0.6) is 11.5 Å². The molecule has 0 saturated carbocycles. The molecule has 0 aliphatic heterocycles. The maximum absolute atomic E-state index is 12.6. The van der Waals surface area contributed by atoms with Crippen LogP contribution in [-0.2, 0) is 50.3 Å². The van der Waals surface area contributed by atoms with E-state index in [1.165, 1.54) is 14.3 Å². The molecule has 4 rings (SSSR count). The number of benzene rings is 1.